The van der Waals surface area contributed by atoms with Gasteiger partial charge in [0.05, 0.1) is 5.60 Å². The second kappa shape index (κ2) is 14.9. The van der Waals surface area contributed by atoms with Crippen molar-refractivity contribution >= 4 is 22.8 Å². The number of rotatable bonds is 14. The van der Waals surface area contributed by atoms with Gasteiger partial charge in [-0.25, -0.2) is 4.79 Å². The van der Waals surface area contributed by atoms with Crippen molar-refractivity contribution in [3.05, 3.63) is 40.2 Å². The molecule has 0 radical (unpaired) electrons. The van der Waals surface area contributed by atoms with Crippen molar-refractivity contribution in [1.29, 1.82) is 0 Å². The zero-order valence-electron chi connectivity index (χ0n) is 24.9. The molecular weight excluding hydrogens is 520 g/mol. The Balaban J connectivity index is 1.16. The number of amides is 2. The topological polar surface area (TPSA) is 109 Å². The van der Waals surface area contributed by atoms with Crippen molar-refractivity contribution in [2.24, 2.45) is 5.92 Å². The van der Waals surface area contributed by atoms with Crippen LogP contribution in [-0.2, 0) is 16.0 Å². The van der Waals surface area contributed by atoms with Gasteiger partial charge in [-0.15, -0.1) is 0 Å². The third-order valence-corrected chi connectivity index (χ3v) is 8.97. The molecule has 0 unspecified atom stereocenters. The number of unbranched alkanes of at least 4 members (excludes halogenated alkanes) is 3. The first-order valence-corrected chi connectivity index (χ1v) is 15.8. The molecule has 1 saturated carbocycles. The molecule has 1 aliphatic carbocycles. The summed E-state index contributed by atoms with van der Waals surface area (Å²) in [5.74, 6) is 0.688. The third-order valence-electron chi connectivity index (χ3n) is 8.97. The molecule has 41 heavy (non-hydrogen) atoms. The number of benzene rings is 1. The number of nitrogens with one attached hydrogen (secondary N) is 1. The van der Waals surface area contributed by atoms with Crippen LogP contribution in [0.15, 0.2) is 33.5 Å². The molecule has 1 aliphatic heterocycles. The summed E-state index contributed by atoms with van der Waals surface area (Å²) in [6.45, 7) is 5.32. The maximum absolute atomic E-state index is 13.2. The van der Waals surface area contributed by atoms with E-state index in [1.165, 1.54) is 6.07 Å². The number of hydrogen-bond acceptors (Lipinski definition) is 6. The van der Waals surface area contributed by atoms with Crippen LogP contribution in [0.5, 0.6) is 5.75 Å². The molecule has 1 aromatic carbocycles. The first kappa shape index (κ1) is 31.1. The van der Waals surface area contributed by atoms with Crippen LogP contribution >= 0.6 is 0 Å². The molecule has 2 heterocycles. The number of hydrogen-bond donors (Lipinski definition) is 2. The van der Waals surface area contributed by atoms with Crippen LogP contribution in [-0.4, -0.2) is 53.2 Å². The molecule has 1 aromatic heterocycles. The summed E-state index contributed by atoms with van der Waals surface area (Å²) in [6.07, 6.45) is 12.7. The molecule has 3 atom stereocenters. The number of aryl methyl sites for hydroxylation is 1. The van der Waals surface area contributed by atoms with Gasteiger partial charge in [-0.05, 0) is 62.6 Å². The largest absolute Gasteiger partial charge is 0.484 e. The molecule has 2 aliphatic rings. The van der Waals surface area contributed by atoms with Crippen LogP contribution in [0.1, 0.15) is 103 Å². The molecular formula is C33H48N2O6. The predicted molar refractivity (Wildman–Crippen MR) is 160 cm³/mol. The molecule has 226 valence electrons. The minimum atomic E-state index is -0.586. The fourth-order valence-corrected chi connectivity index (χ4v) is 6.81. The molecule has 2 N–H and O–H groups in total. The number of ether oxygens (including phenoxy) is 1. The van der Waals surface area contributed by atoms with Crippen LogP contribution in [0, 0.1) is 5.92 Å². The summed E-state index contributed by atoms with van der Waals surface area (Å²) in [5, 5.41) is 15.0. The van der Waals surface area contributed by atoms with Crippen molar-refractivity contribution in [3.8, 4) is 5.75 Å². The Morgan fingerprint density at radius 1 is 1.10 bits per heavy atom. The first-order valence-electron chi connectivity index (χ1n) is 15.8. The molecule has 2 amide bonds. The van der Waals surface area contributed by atoms with Crippen LogP contribution in [0.3, 0.4) is 0 Å². The van der Waals surface area contributed by atoms with Crippen molar-refractivity contribution in [2.75, 3.05) is 19.7 Å². The summed E-state index contributed by atoms with van der Waals surface area (Å²) in [6, 6.07) is 7.01. The average molecular weight is 569 g/mol. The molecule has 8 heteroatoms. The van der Waals surface area contributed by atoms with Gasteiger partial charge >= 0.3 is 5.63 Å². The fourth-order valence-electron chi connectivity index (χ4n) is 6.81. The van der Waals surface area contributed by atoms with Gasteiger partial charge in [0.1, 0.15) is 11.3 Å². The Labute approximate surface area is 243 Å². The lowest BCUT2D eigenvalue weighted by Crippen LogP contribution is -2.60. The highest BCUT2D eigenvalue weighted by Crippen LogP contribution is 2.44. The summed E-state index contributed by atoms with van der Waals surface area (Å²) >= 11 is 0. The molecule has 2 aromatic rings. The molecule has 2 fully saturated rings. The number of carbonyl (C=O) groups is 2. The zero-order valence-corrected chi connectivity index (χ0v) is 24.9. The van der Waals surface area contributed by atoms with Crippen molar-refractivity contribution in [2.45, 2.75) is 115 Å². The van der Waals surface area contributed by atoms with Gasteiger partial charge in [0.2, 0.25) is 5.91 Å². The van der Waals surface area contributed by atoms with E-state index in [-0.39, 0.29) is 36.0 Å². The van der Waals surface area contributed by atoms with Gasteiger partial charge in [0.25, 0.3) is 5.91 Å². The van der Waals surface area contributed by atoms with Gasteiger partial charge in [-0.1, -0.05) is 52.4 Å². The second-order valence-corrected chi connectivity index (χ2v) is 12.0. The summed E-state index contributed by atoms with van der Waals surface area (Å²) < 4.78 is 11.0. The molecule has 0 bridgehead atoms. The number of nitrogens with zero attached hydrogens (tertiary/aromatic N) is 1. The van der Waals surface area contributed by atoms with E-state index in [1.807, 2.05) is 6.07 Å². The van der Waals surface area contributed by atoms with E-state index in [1.54, 1.807) is 12.1 Å². The molecule has 1 saturated heterocycles. The van der Waals surface area contributed by atoms with E-state index in [0.717, 1.165) is 88.0 Å². The van der Waals surface area contributed by atoms with E-state index in [0.29, 0.717) is 37.3 Å². The van der Waals surface area contributed by atoms with E-state index in [9.17, 15) is 19.5 Å². The minimum Gasteiger partial charge on any atom is -0.484 e. The van der Waals surface area contributed by atoms with Crippen molar-refractivity contribution in [3.63, 3.8) is 0 Å². The lowest BCUT2D eigenvalue weighted by atomic mass is 9.66. The highest BCUT2D eigenvalue weighted by molar-refractivity contribution is 5.82. The maximum atomic E-state index is 13.2. The number of aliphatic hydroxyl groups is 1. The van der Waals surface area contributed by atoms with Gasteiger partial charge in [-0.3, -0.25) is 9.59 Å². The quantitative estimate of drug-likeness (QED) is 0.230. The molecule has 0 spiro atoms. The van der Waals surface area contributed by atoms with Crippen LogP contribution in [0.2, 0.25) is 0 Å². The number of likely N-dealkylation sites (tertiary alicyclic amines) is 1. The third kappa shape index (κ3) is 8.12. The second-order valence-electron chi connectivity index (χ2n) is 12.0. The van der Waals surface area contributed by atoms with E-state index in [4.69, 9.17) is 9.15 Å². The van der Waals surface area contributed by atoms with Gasteiger partial charge in [0.15, 0.2) is 6.61 Å². The Morgan fingerprint density at radius 2 is 1.95 bits per heavy atom. The normalized spacial score (nSPS) is 22.4. The Kier molecular flexibility index (Phi) is 11.3. The molecule has 4 rings (SSSR count). The van der Waals surface area contributed by atoms with Crippen molar-refractivity contribution in [1.82, 2.24) is 10.2 Å². The smallest absolute Gasteiger partial charge is 0.336 e. The monoisotopic (exact) mass is 568 g/mol. The fraction of sp³-hybridized carbons (Fsp3) is 0.667. The number of carbonyl (C=O) groups excluding carboxylic acids is 2. The maximum Gasteiger partial charge on any atom is 0.336 e. The average Bonchev–Trinajstić information content (AvgIpc) is 2.96. The van der Waals surface area contributed by atoms with Crippen LogP contribution in [0.25, 0.3) is 11.0 Å². The molecule has 8 nitrogen and oxygen atoms in total. The Hall–Kier alpha value is -2.87. The van der Waals surface area contributed by atoms with E-state index >= 15 is 0 Å². The SMILES string of the molecule is CCCC[C@H]1[C@H]2CCCC[C@]2(O)CCN1C(=O)CCCCCNC(=O)COc1ccc2c(CCC)cc(=O)oc2c1. The highest BCUT2D eigenvalue weighted by Gasteiger charge is 2.48. The lowest BCUT2D eigenvalue weighted by molar-refractivity contribution is -0.155. The van der Waals surface area contributed by atoms with Crippen LogP contribution in [0.4, 0.5) is 0 Å². The van der Waals surface area contributed by atoms with E-state index in [2.05, 4.69) is 24.1 Å². The van der Waals surface area contributed by atoms with Crippen molar-refractivity contribution < 1.29 is 23.8 Å². The summed E-state index contributed by atoms with van der Waals surface area (Å²) in [5.41, 5.74) is 0.441. The minimum absolute atomic E-state index is 0.121. The standard InChI is InChI=1S/C33H48N2O6/c1-3-5-13-28-27-12-8-9-17-33(27,39)18-20-35(28)31(37)14-7-6-10-19-34-30(36)23-40-25-15-16-26-24(11-4-2)21-32(38)41-29(26)22-25/h15-16,21-22,27-28,39H,3-14,17-20,23H2,1-2H3,(H,34,36)/t27-,28+,33+/m1/s1. The van der Waals surface area contributed by atoms with E-state index < -0.39 is 5.60 Å². The lowest BCUT2D eigenvalue weighted by Gasteiger charge is -2.52. The summed E-state index contributed by atoms with van der Waals surface area (Å²) in [7, 11) is 0. The first-order chi connectivity index (χ1) is 19.8. The zero-order chi connectivity index (χ0) is 29.2. The van der Waals surface area contributed by atoms with Gasteiger partial charge in [-0.2, -0.15) is 0 Å². The predicted octanol–water partition coefficient (Wildman–Crippen LogP) is 5.51. The Bertz CT molecular complexity index is 1230. The van der Waals surface area contributed by atoms with Crippen LogP contribution < -0.4 is 15.7 Å². The van der Waals surface area contributed by atoms with Gasteiger partial charge < -0.3 is 24.5 Å². The Morgan fingerprint density at radius 3 is 2.76 bits per heavy atom. The number of fused-ring (bicyclic) bond motifs is 2. The highest BCUT2D eigenvalue weighted by atomic mass is 16.5. The van der Waals surface area contributed by atoms with Gasteiger partial charge in [0, 0.05) is 49.0 Å². The summed E-state index contributed by atoms with van der Waals surface area (Å²) in [4.78, 5) is 39.5. The number of piperidine rings is 1.